The van der Waals surface area contributed by atoms with Crippen molar-refractivity contribution in [1.29, 1.82) is 0 Å². The molecule has 0 spiro atoms. The van der Waals surface area contributed by atoms with Gasteiger partial charge in [0.25, 0.3) is 0 Å². The number of hydrogen-bond acceptors (Lipinski definition) is 4. The van der Waals surface area contributed by atoms with Crippen LogP contribution in [0.15, 0.2) is 17.5 Å². The predicted octanol–water partition coefficient (Wildman–Crippen LogP) is 4.49. The Morgan fingerprint density at radius 1 is 1.19 bits per heavy atom. The van der Waals surface area contributed by atoms with Gasteiger partial charge in [0.15, 0.2) is 0 Å². The molecule has 112 valence electrons. The van der Waals surface area contributed by atoms with E-state index in [1.807, 2.05) is 19.2 Å². The molecule has 0 saturated heterocycles. The Kier molecular flexibility index (Phi) is 4.37. The first kappa shape index (κ1) is 15.6. The number of thiophene rings is 1. The zero-order chi connectivity index (χ0) is 15.7. The van der Waals surface area contributed by atoms with Crippen molar-refractivity contribution in [3.8, 4) is 11.1 Å². The van der Waals surface area contributed by atoms with Crippen LogP contribution in [-0.2, 0) is 4.74 Å². The summed E-state index contributed by atoms with van der Waals surface area (Å²) in [7, 11) is 0. The third kappa shape index (κ3) is 3.10. The molecule has 1 aromatic carbocycles. The minimum atomic E-state index is -0.349. The number of esters is 1. The minimum absolute atomic E-state index is 0.162. The number of rotatable bonds is 3. The molecule has 2 N–H and O–H groups in total. The molecule has 0 aliphatic heterocycles. The van der Waals surface area contributed by atoms with E-state index in [1.54, 1.807) is 0 Å². The third-order valence-corrected chi connectivity index (χ3v) is 4.12. The van der Waals surface area contributed by atoms with Gasteiger partial charge in [0.05, 0.1) is 6.10 Å². The van der Waals surface area contributed by atoms with Crippen LogP contribution in [0.5, 0.6) is 0 Å². The van der Waals surface area contributed by atoms with E-state index in [-0.39, 0.29) is 12.1 Å². The molecule has 2 rings (SSSR count). The first-order valence-corrected chi connectivity index (χ1v) is 7.85. The van der Waals surface area contributed by atoms with Crippen LogP contribution < -0.4 is 5.73 Å². The lowest BCUT2D eigenvalue weighted by molar-refractivity contribution is 0.0380. The lowest BCUT2D eigenvalue weighted by atomic mass is 9.93. The SMILES string of the molecule is Cc1cc(C)c(-c2csc(N)c2C(=O)OC(C)C)c(C)c1. The predicted molar refractivity (Wildman–Crippen MR) is 88.9 cm³/mol. The highest BCUT2D eigenvalue weighted by molar-refractivity contribution is 7.15. The Morgan fingerprint density at radius 3 is 2.29 bits per heavy atom. The molecule has 0 atom stereocenters. The molecular weight excluding hydrogens is 282 g/mol. The van der Waals surface area contributed by atoms with Gasteiger partial charge in [0.2, 0.25) is 0 Å². The first-order chi connectivity index (χ1) is 9.81. The number of hydrogen-bond donors (Lipinski definition) is 1. The first-order valence-electron chi connectivity index (χ1n) is 6.97. The third-order valence-electron chi connectivity index (χ3n) is 3.31. The van der Waals surface area contributed by atoms with Crippen LogP contribution in [0.3, 0.4) is 0 Å². The van der Waals surface area contributed by atoms with Gasteiger partial charge in [-0.15, -0.1) is 11.3 Å². The van der Waals surface area contributed by atoms with Gasteiger partial charge in [-0.1, -0.05) is 17.7 Å². The van der Waals surface area contributed by atoms with Crippen molar-refractivity contribution in [2.24, 2.45) is 0 Å². The maximum Gasteiger partial charge on any atom is 0.342 e. The average molecular weight is 303 g/mol. The summed E-state index contributed by atoms with van der Waals surface area (Å²) in [6, 6.07) is 4.24. The summed E-state index contributed by atoms with van der Waals surface area (Å²) < 4.78 is 5.33. The van der Waals surface area contributed by atoms with E-state index in [4.69, 9.17) is 10.5 Å². The van der Waals surface area contributed by atoms with E-state index >= 15 is 0 Å². The molecule has 3 nitrogen and oxygen atoms in total. The van der Waals surface area contributed by atoms with Crippen LogP contribution >= 0.6 is 11.3 Å². The van der Waals surface area contributed by atoms with E-state index < -0.39 is 0 Å². The Morgan fingerprint density at radius 2 is 1.76 bits per heavy atom. The molecule has 0 aliphatic carbocycles. The van der Waals surface area contributed by atoms with Crippen molar-refractivity contribution in [3.05, 3.63) is 39.8 Å². The summed E-state index contributed by atoms with van der Waals surface area (Å²) in [4.78, 5) is 12.3. The minimum Gasteiger partial charge on any atom is -0.459 e. The molecule has 0 radical (unpaired) electrons. The summed E-state index contributed by atoms with van der Waals surface area (Å²) >= 11 is 1.38. The van der Waals surface area contributed by atoms with E-state index in [0.717, 1.165) is 22.3 Å². The number of nitrogens with two attached hydrogens (primary N) is 1. The topological polar surface area (TPSA) is 52.3 Å². The average Bonchev–Trinajstić information content (AvgIpc) is 2.68. The van der Waals surface area contributed by atoms with Crippen LogP contribution in [0.4, 0.5) is 5.00 Å². The van der Waals surface area contributed by atoms with Gasteiger partial charge in [0, 0.05) is 10.9 Å². The zero-order valence-corrected chi connectivity index (χ0v) is 13.9. The van der Waals surface area contributed by atoms with Crippen LogP contribution in [0.25, 0.3) is 11.1 Å². The van der Waals surface area contributed by atoms with Gasteiger partial charge < -0.3 is 10.5 Å². The Balaban J connectivity index is 2.59. The van der Waals surface area contributed by atoms with Gasteiger partial charge in [-0.05, 0) is 51.3 Å². The number of aryl methyl sites for hydroxylation is 3. The molecule has 21 heavy (non-hydrogen) atoms. The maximum absolute atomic E-state index is 12.3. The Hall–Kier alpha value is -1.81. The molecule has 0 amide bonds. The second-order valence-electron chi connectivity index (χ2n) is 5.62. The number of nitrogen functional groups attached to an aromatic ring is 1. The van der Waals surface area contributed by atoms with Crippen LogP contribution in [0.2, 0.25) is 0 Å². The molecule has 2 aromatic rings. The zero-order valence-electron chi connectivity index (χ0n) is 13.1. The highest BCUT2D eigenvalue weighted by Gasteiger charge is 2.22. The summed E-state index contributed by atoms with van der Waals surface area (Å²) in [5.74, 6) is -0.349. The fourth-order valence-corrected chi connectivity index (χ4v) is 3.44. The molecule has 1 aromatic heterocycles. The molecule has 0 unspecified atom stereocenters. The molecular formula is C17H21NO2S. The maximum atomic E-state index is 12.3. The van der Waals surface area contributed by atoms with E-state index in [1.165, 1.54) is 16.9 Å². The molecule has 1 heterocycles. The second kappa shape index (κ2) is 5.90. The van der Waals surface area contributed by atoms with Crippen molar-refractivity contribution in [1.82, 2.24) is 0 Å². The van der Waals surface area contributed by atoms with Gasteiger partial charge in [0.1, 0.15) is 10.6 Å². The van der Waals surface area contributed by atoms with Crippen LogP contribution in [0.1, 0.15) is 40.9 Å². The van der Waals surface area contributed by atoms with E-state index in [0.29, 0.717) is 10.6 Å². The van der Waals surface area contributed by atoms with Crippen molar-refractivity contribution >= 4 is 22.3 Å². The molecule has 4 heteroatoms. The highest BCUT2D eigenvalue weighted by Crippen LogP contribution is 2.38. The van der Waals surface area contributed by atoms with Crippen molar-refractivity contribution < 1.29 is 9.53 Å². The summed E-state index contributed by atoms with van der Waals surface area (Å²) in [5.41, 5.74) is 11.9. The largest absolute Gasteiger partial charge is 0.459 e. The normalized spacial score (nSPS) is 11.0. The fraction of sp³-hybridized carbons (Fsp3) is 0.353. The van der Waals surface area contributed by atoms with E-state index in [9.17, 15) is 4.79 Å². The molecule has 0 saturated carbocycles. The van der Waals surface area contributed by atoms with Crippen molar-refractivity contribution in [2.45, 2.75) is 40.7 Å². The number of carbonyl (C=O) groups excluding carboxylic acids is 1. The van der Waals surface area contributed by atoms with Gasteiger partial charge in [-0.2, -0.15) is 0 Å². The smallest absolute Gasteiger partial charge is 0.342 e. The number of carbonyl (C=O) groups is 1. The summed E-state index contributed by atoms with van der Waals surface area (Å²) in [5, 5.41) is 2.45. The lowest BCUT2D eigenvalue weighted by Crippen LogP contribution is -2.13. The molecule has 0 aliphatic rings. The monoisotopic (exact) mass is 303 g/mol. The van der Waals surface area contributed by atoms with Gasteiger partial charge in [-0.25, -0.2) is 4.79 Å². The number of ether oxygens (including phenoxy) is 1. The quantitative estimate of drug-likeness (QED) is 0.850. The Bertz CT molecular complexity index is 663. The van der Waals surface area contributed by atoms with Gasteiger partial charge >= 0.3 is 5.97 Å². The van der Waals surface area contributed by atoms with Gasteiger partial charge in [-0.3, -0.25) is 0 Å². The summed E-state index contributed by atoms with van der Waals surface area (Å²) in [6.45, 7) is 9.85. The number of anilines is 1. The lowest BCUT2D eigenvalue weighted by Gasteiger charge is -2.13. The van der Waals surface area contributed by atoms with Crippen molar-refractivity contribution in [3.63, 3.8) is 0 Å². The van der Waals surface area contributed by atoms with Crippen LogP contribution in [-0.4, -0.2) is 12.1 Å². The highest BCUT2D eigenvalue weighted by atomic mass is 32.1. The molecule has 0 bridgehead atoms. The standard InChI is InChI=1S/C17H21NO2S/c1-9(2)20-17(19)15-13(8-21-16(15)18)14-11(4)6-10(3)7-12(14)5/h6-9H,18H2,1-5H3. The number of benzene rings is 1. The van der Waals surface area contributed by atoms with Crippen molar-refractivity contribution in [2.75, 3.05) is 5.73 Å². The van der Waals surface area contributed by atoms with Crippen LogP contribution in [0, 0.1) is 20.8 Å². The Labute approximate surface area is 129 Å². The second-order valence-corrected chi connectivity index (χ2v) is 6.53. The summed E-state index contributed by atoms with van der Waals surface area (Å²) in [6.07, 6.45) is -0.162. The fourth-order valence-electron chi connectivity index (χ4n) is 2.65. The molecule has 0 fully saturated rings. The van der Waals surface area contributed by atoms with E-state index in [2.05, 4.69) is 32.9 Å².